The molecule has 2 nitrogen and oxygen atoms in total. The third-order valence-electron chi connectivity index (χ3n) is 4.31. The van der Waals surface area contributed by atoms with Crippen molar-refractivity contribution >= 4 is 6.29 Å². The zero-order valence-corrected chi connectivity index (χ0v) is 14.2. The first-order valence-corrected chi connectivity index (χ1v) is 9.18. The molecular weight excluding hydrogens is 260 g/mol. The van der Waals surface area contributed by atoms with Crippen molar-refractivity contribution in [2.24, 2.45) is 5.92 Å². The first-order chi connectivity index (χ1) is 10.2. The highest BCUT2D eigenvalue weighted by Gasteiger charge is 2.12. The Morgan fingerprint density at radius 1 is 0.810 bits per heavy atom. The molecular formula is C19H37O2. The number of rotatable bonds is 16. The lowest BCUT2D eigenvalue weighted by atomic mass is 9.97. The first kappa shape index (κ1) is 20.6. The molecule has 0 aliphatic heterocycles. The topological polar surface area (TPSA) is 37.3 Å². The van der Waals surface area contributed by atoms with Crippen LogP contribution in [0.5, 0.6) is 0 Å². The van der Waals surface area contributed by atoms with Crippen LogP contribution in [0.4, 0.5) is 0 Å². The van der Waals surface area contributed by atoms with Crippen LogP contribution < -0.4 is 0 Å². The molecule has 0 rings (SSSR count). The van der Waals surface area contributed by atoms with Gasteiger partial charge in [0.1, 0.15) is 6.29 Å². The van der Waals surface area contributed by atoms with Gasteiger partial charge in [0.05, 0.1) is 6.10 Å². The van der Waals surface area contributed by atoms with Gasteiger partial charge in [-0.05, 0) is 13.3 Å². The molecule has 0 spiro atoms. The largest absolute Gasteiger partial charge is 0.392 e. The molecule has 1 N–H and O–H groups in total. The van der Waals surface area contributed by atoms with Gasteiger partial charge in [0.25, 0.3) is 0 Å². The highest BCUT2D eigenvalue weighted by molar-refractivity contribution is 5.54. The van der Waals surface area contributed by atoms with E-state index >= 15 is 0 Å². The first-order valence-electron chi connectivity index (χ1n) is 9.18. The number of aliphatic hydroxyl groups is 1. The van der Waals surface area contributed by atoms with E-state index in [0.717, 1.165) is 19.1 Å². The Hall–Kier alpha value is -0.370. The summed E-state index contributed by atoms with van der Waals surface area (Å²) in [6.45, 7) is 5.78. The highest BCUT2D eigenvalue weighted by atomic mass is 16.3. The van der Waals surface area contributed by atoms with Crippen molar-refractivity contribution in [3.63, 3.8) is 0 Å². The summed E-state index contributed by atoms with van der Waals surface area (Å²) in [5.41, 5.74) is 0. The Kier molecular flexibility index (Phi) is 15.7. The normalized spacial score (nSPS) is 14.0. The van der Waals surface area contributed by atoms with E-state index in [0.29, 0.717) is 0 Å². The predicted octanol–water partition coefficient (Wildman–Crippen LogP) is 5.48. The fourth-order valence-electron chi connectivity index (χ4n) is 2.75. The van der Waals surface area contributed by atoms with Gasteiger partial charge in [0, 0.05) is 5.92 Å². The van der Waals surface area contributed by atoms with Gasteiger partial charge in [-0.1, -0.05) is 90.4 Å². The SMILES string of the molecule is [CH2]C(O)C(C=O)CCCCCCCCCCCCCCC. The van der Waals surface area contributed by atoms with E-state index in [1.807, 2.05) is 0 Å². The molecule has 0 amide bonds. The van der Waals surface area contributed by atoms with Crippen LogP contribution in [0.2, 0.25) is 0 Å². The van der Waals surface area contributed by atoms with Gasteiger partial charge in [-0.3, -0.25) is 0 Å². The van der Waals surface area contributed by atoms with Crippen LogP contribution >= 0.6 is 0 Å². The molecule has 0 bridgehead atoms. The van der Waals surface area contributed by atoms with E-state index in [4.69, 9.17) is 0 Å². The molecule has 125 valence electrons. The fourth-order valence-corrected chi connectivity index (χ4v) is 2.75. The Morgan fingerprint density at radius 3 is 1.52 bits per heavy atom. The van der Waals surface area contributed by atoms with Crippen molar-refractivity contribution in [2.45, 2.75) is 103 Å². The summed E-state index contributed by atoms with van der Waals surface area (Å²) in [5.74, 6) is -0.266. The molecule has 0 saturated heterocycles. The van der Waals surface area contributed by atoms with Crippen molar-refractivity contribution < 1.29 is 9.90 Å². The highest BCUT2D eigenvalue weighted by Crippen LogP contribution is 2.15. The summed E-state index contributed by atoms with van der Waals surface area (Å²) in [6.07, 6.45) is 18.2. The van der Waals surface area contributed by atoms with Crippen LogP contribution in [0.3, 0.4) is 0 Å². The number of carbonyl (C=O) groups excluding carboxylic acids is 1. The second kappa shape index (κ2) is 16.0. The lowest BCUT2D eigenvalue weighted by Gasteiger charge is -2.12. The lowest BCUT2D eigenvalue weighted by Crippen LogP contribution is -2.18. The van der Waals surface area contributed by atoms with Crippen LogP contribution in [0.25, 0.3) is 0 Å². The van der Waals surface area contributed by atoms with Crippen molar-refractivity contribution in [1.29, 1.82) is 0 Å². The molecule has 21 heavy (non-hydrogen) atoms. The summed E-state index contributed by atoms with van der Waals surface area (Å²) in [6, 6.07) is 0. The lowest BCUT2D eigenvalue weighted by molar-refractivity contribution is -0.113. The molecule has 1 radical (unpaired) electrons. The zero-order valence-electron chi connectivity index (χ0n) is 14.2. The van der Waals surface area contributed by atoms with Crippen molar-refractivity contribution in [1.82, 2.24) is 0 Å². The van der Waals surface area contributed by atoms with Gasteiger partial charge in [-0.15, -0.1) is 0 Å². The third kappa shape index (κ3) is 14.3. The van der Waals surface area contributed by atoms with Crippen molar-refractivity contribution in [3.8, 4) is 0 Å². The number of unbranched alkanes of at least 4 members (excludes halogenated alkanes) is 12. The monoisotopic (exact) mass is 297 g/mol. The maximum absolute atomic E-state index is 10.7. The summed E-state index contributed by atoms with van der Waals surface area (Å²) in [5, 5.41) is 9.26. The number of aldehydes is 1. The molecule has 0 heterocycles. The maximum Gasteiger partial charge on any atom is 0.125 e. The standard InChI is InChI=1S/C19H37O2/c1-3-4-5-6-7-8-9-10-11-12-13-14-15-16-19(17-20)18(2)21/h17-19,21H,2-16H2,1H3. The minimum atomic E-state index is -0.736. The minimum absolute atomic E-state index is 0.266. The summed E-state index contributed by atoms with van der Waals surface area (Å²) in [4.78, 5) is 10.7. The van der Waals surface area contributed by atoms with Gasteiger partial charge in [0.15, 0.2) is 0 Å². The van der Waals surface area contributed by atoms with E-state index in [-0.39, 0.29) is 5.92 Å². The van der Waals surface area contributed by atoms with Gasteiger partial charge >= 0.3 is 0 Å². The van der Waals surface area contributed by atoms with Crippen LogP contribution in [0.15, 0.2) is 0 Å². The van der Waals surface area contributed by atoms with E-state index in [9.17, 15) is 9.90 Å². The molecule has 0 aromatic carbocycles. The second-order valence-electron chi connectivity index (χ2n) is 6.40. The average Bonchev–Trinajstić information content (AvgIpc) is 2.47. The van der Waals surface area contributed by atoms with Crippen LogP contribution in [0, 0.1) is 12.8 Å². The second-order valence-corrected chi connectivity index (χ2v) is 6.40. The average molecular weight is 298 g/mol. The summed E-state index contributed by atoms with van der Waals surface area (Å²) >= 11 is 0. The predicted molar refractivity (Wildman–Crippen MR) is 91.2 cm³/mol. The van der Waals surface area contributed by atoms with E-state index in [1.165, 1.54) is 77.0 Å². The Bertz CT molecular complexity index is 214. The molecule has 2 atom stereocenters. The Morgan fingerprint density at radius 2 is 1.19 bits per heavy atom. The van der Waals surface area contributed by atoms with Crippen LogP contribution in [-0.2, 0) is 4.79 Å². The van der Waals surface area contributed by atoms with E-state index in [2.05, 4.69) is 13.8 Å². The molecule has 0 aromatic rings. The quantitative estimate of drug-likeness (QED) is 0.302. The molecule has 0 aromatic heterocycles. The fraction of sp³-hybridized carbons (Fsp3) is 0.895. The van der Waals surface area contributed by atoms with Crippen LogP contribution in [0.1, 0.15) is 96.8 Å². The molecule has 0 fully saturated rings. The Labute approximate surface area is 132 Å². The number of carbonyl (C=O) groups is 1. The van der Waals surface area contributed by atoms with Gasteiger partial charge in [-0.25, -0.2) is 0 Å². The van der Waals surface area contributed by atoms with E-state index < -0.39 is 6.10 Å². The summed E-state index contributed by atoms with van der Waals surface area (Å²) < 4.78 is 0. The molecule has 2 heteroatoms. The smallest absolute Gasteiger partial charge is 0.125 e. The molecule has 0 aliphatic rings. The minimum Gasteiger partial charge on any atom is -0.392 e. The van der Waals surface area contributed by atoms with E-state index in [1.54, 1.807) is 0 Å². The van der Waals surface area contributed by atoms with Crippen molar-refractivity contribution in [3.05, 3.63) is 6.92 Å². The summed E-state index contributed by atoms with van der Waals surface area (Å²) in [7, 11) is 0. The van der Waals surface area contributed by atoms with Crippen LogP contribution in [-0.4, -0.2) is 17.5 Å². The molecule has 2 unspecified atom stereocenters. The molecule has 0 saturated carbocycles. The number of hydrogen-bond acceptors (Lipinski definition) is 2. The van der Waals surface area contributed by atoms with Gasteiger partial charge in [0.2, 0.25) is 0 Å². The number of aliphatic hydroxyl groups excluding tert-OH is 1. The van der Waals surface area contributed by atoms with Crippen molar-refractivity contribution in [2.75, 3.05) is 0 Å². The third-order valence-corrected chi connectivity index (χ3v) is 4.31. The zero-order chi connectivity index (χ0) is 15.8. The molecule has 0 aliphatic carbocycles. The van der Waals surface area contributed by atoms with Gasteiger partial charge < -0.3 is 9.90 Å². The van der Waals surface area contributed by atoms with Gasteiger partial charge in [-0.2, -0.15) is 0 Å². The maximum atomic E-state index is 10.7. The Balaban J connectivity index is 3.14. The number of hydrogen-bond donors (Lipinski definition) is 1.